The lowest BCUT2D eigenvalue weighted by atomic mass is 10.2. The molecule has 0 bridgehead atoms. The van der Waals surface area contributed by atoms with Gasteiger partial charge in [-0.25, -0.2) is 22.7 Å². The van der Waals surface area contributed by atoms with Gasteiger partial charge in [0.05, 0.1) is 19.8 Å². The van der Waals surface area contributed by atoms with Crippen molar-refractivity contribution in [2.45, 2.75) is 37.3 Å². The Kier molecular flexibility index (Phi) is 7.17. The number of unbranched alkanes of at least 4 members (excludes halogenated alkanes) is 2. The Hall–Kier alpha value is -1.45. The average molecular weight is 363 g/mol. The molecular weight excluding hydrogens is 342 g/mol. The highest BCUT2D eigenvalue weighted by atomic mass is 32.2. The van der Waals surface area contributed by atoms with Gasteiger partial charge in [-0.15, -0.1) is 11.3 Å². The summed E-state index contributed by atoms with van der Waals surface area (Å²) in [5.74, 6) is -1.49. The molecule has 9 heteroatoms. The van der Waals surface area contributed by atoms with Crippen LogP contribution in [-0.2, 0) is 19.5 Å². The van der Waals surface area contributed by atoms with Crippen LogP contribution in [0.5, 0.6) is 0 Å². The van der Waals surface area contributed by atoms with E-state index in [0.717, 1.165) is 20.0 Å². The van der Waals surface area contributed by atoms with Gasteiger partial charge in [0.1, 0.15) is 4.88 Å². The number of carbonyl (C=O) groups excluding carboxylic acids is 2. The molecule has 0 aromatic carbocycles. The molecule has 0 radical (unpaired) electrons. The monoisotopic (exact) mass is 363 g/mol. The smallest absolute Gasteiger partial charge is 0.348 e. The van der Waals surface area contributed by atoms with E-state index in [-0.39, 0.29) is 26.8 Å². The SMILES string of the molecule is CCCCCNS(=O)(=O)c1sc(C(=O)OC)c(C)c1C(=O)OC. The Morgan fingerprint density at radius 1 is 1.13 bits per heavy atom. The predicted octanol–water partition coefficient (Wildman–Crippen LogP) is 2.10. The lowest BCUT2D eigenvalue weighted by Gasteiger charge is -2.07. The zero-order valence-electron chi connectivity index (χ0n) is 13.6. The number of hydrogen-bond donors (Lipinski definition) is 1. The van der Waals surface area contributed by atoms with Crippen molar-refractivity contribution in [2.75, 3.05) is 20.8 Å². The van der Waals surface area contributed by atoms with Gasteiger partial charge in [0.2, 0.25) is 0 Å². The van der Waals surface area contributed by atoms with Gasteiger partial charge in [-0.1, -0.05) is 19.8 Å². The molecule has 0 aliphatic rings. The fourth-order valence-corrected chi connectivity index (χ4v) is 4.81. The van der Waals surface area contributed by atoms with Gasteiger partial charge in [-0.3, -0.25) is 0 Å². The molecule has 130 valence electrons. The van der Waals surface area contributed by atoms with Crippen molar-refractivity contribution < 1.29 is 27.5 Å². The quantitative estimate of drug-likeness (QED) is 0.561. The molecule has 23 heavy (non-hydrogen) atoms. The molecule has 0 spiro atoms. The van der Waals surface area contributed by atoms with Crippen molar-refractivity contribution in [3.63, 3.8) is 0 Å². The summed E-state index contributed by atoms with van der Waals surface area (Å²) in [7, 11) is -1.56. The van der Waals surface area contributed by atoms with E-state index in [1.54, 1.807) is 0 Å². The van der Waals surface area contributed by atoms with Gasteiger partial charge < -0.3 is 9.47 Å². The molecule has 0 fully saturated rings. The Balaban J connectivity index is 3.27. The number of hydrogen-bond acceptors (Lipinski definition) is 7. The molecule has 1 heterocycles. The Morgan fingerprint density at radius 2 is 1.74 bits per heavy atom. The summed E-state index contributed by atoms with van der Waals surface area (Å²) in [6.45, 7) is 3.77. The van der Waals surface area contributed by atoms with Crippen LogP contribution in [0, 0.1) is 6.92 Å². The largest absolute Gasteiger partial charge is 0.465 e. The van der Waals surface area contributed by atoms with Crippen molar-refractivity contribution in [3.05, 3.63) is 16.0 Å². The van der Waals surface area contributed by atoms with Gasteiger partial charge >= 0.3 is 11.9 Å². The lowest BCUT2D eigenvalue weighted by molar-refractivity contribution is 0.0596. The van der Waals surface area contributed by atoms with E-state index in [2.05, 4.69) is 14.2 Å². The van der Waals surface area contributed by atoms with E-state index >= 15 is 0 Å². The molecule has 1 N–H and O–H groups in total. The van der Waals surface area contributed by atoms with Crippen LogP contribution in [0.25, 0.3) is 0 Å². The normalized spacial score (nSPS) is 11.3. The molecule has 0 saturated heterocycles. The zero-order valence-corrected chi connectivity index (χ0v) is 15.2. The molecule has 1 aromatic heterocycles. The van der Waals surface area contributed by atoms with E-state index in [1.807, 2.05) is 6.92 Å². The summed E-state index contributed by atoms with van der Waals surface area (Å²) in [6, 6.07) is 0. The number of ether oxygens (including phenoxy) is 2. The Bertz CT molecular complexity index is 678. The standard InChI is InChI=1S/C14H21NO6S2/c1-5-6-7-8-15-23(18,19)14-10(12(16)20-3)9(2)11(22-14)13(17)21-4/h15H,5-8H2,1-4H3. The molecule has 0 amide bonds. The molecule has 0 aliphatic carbocycles. The maximum Gasteiger partial charge on any atom is 0.348 e. The summed E-state index contributed by atoms with van der Waals surface area (Å²) < 4.78 is 36.4. The van der Waals surface area contributed by atoms with Crippen molar-refractivity contribution in [1.82, 2.24) is 4.72 Å². The highest BCUT2D eigenvalue weighted by molar-refractivity contribution is 7.91. The third-order valence-corrected chi connectivity index (χ3v) is 6.44. The minimum Gasteiger partial charge on any atom is -0.465 e. The first kappa shape index (κ1) is 19.6. The second-order valence-electron chi connectivity index (χ2n) is 4.81. The highest BCUT2D eigenvalue weighted by Gasteiger charge is 2.32. The second-order valence-corrected chi connectivity index (χ2v) is 7.79. The topological polar surface area (TPSA) is 98.8 Å². The third-order valence-electron chi connectivity index (χ3n) is 3.19. The molecule has 0 unspecified atom stereocenters. The third kappa shape index (κ3) is 4.52. The Morgan fingerprint density at radius 3 is 2.26 bits per heavy atom. The number of methoxy groups -OCH3 is 2. The molecule has 0 saturated carbocycles. The van der Waals surface area contributed by atoms with E-state index < -0.39 is 22.0 Å². The minimum atomic E-state index is -3.91. The minimum absolute atomic E-state index is 0.0711. The van der Waals surface area contributed by atoms with Crippen LogP contribution in [-0.4, -0.2) is 41.1 Å². The highest BCUT2D eigenvalue weighted by Crippen LogP contribution is 2.33. The maximum atomic E-state index is 12.5. The van der Waals surface area contributed by atoms with Crippen LogP contribution < -0.4 is 4.72 Å². The van der Waals surface area contributed by atoms with Gasteiger partial charge in [-0.05, 0) is 18.9 Å². The fraction of sp³-hybridized carbons (Fsp3) is 0.571. The number of rotatable bonds is 8. The van der Waals surface area contributed by atoms with Gasteiger partial charge in [0, 0.05) is 6.54 Å². The molecule has 0 atom stereocenters. The lowest BCUT2D eigenvalue weighted by Crippen LogP contribution is -2.25. The molecule has 0 aliphatic heterocycles. The number of carbonyl (C=O) groups is 2. The molecule has 1 rings (SSSR count). The van der Waals surface area contributed by atoms with Crippen LogP contribution in [0.2, 0.25) is 0 Å². The first-order valence-electron chi connectivity index (χ1n) is 7.09. The van der Waals surface area contributed by atoms with Crippen LogP contribution in [0.15, 0.2) is 4.21 Å². The fourth-order valence-electron chi connectivity index (χ4n) is 1.95. The summed E-state index contributed by atoms with van der Waals surface area (Å²) in [6.07, 6.45) is 2.54. The average Bonchev–Trinajstić information content (AvgIpc) is 2.88. The van der Waals surface area contributed by atoms with Crippen molar-refractivity contribution in [2.24, 2.45) is 0 Å². The summed E-state index contributed by atoms with van der Waals surface area (Å²) in [5, 5.41) is 0. The first-order valence-corrected chi connectivity index (χ1v) is 9.39. The summed E-state index contributed by atoms with van der Waals surface area (Å²) in [5.41, 5.74) is 0.114. The van der Waals surface area contributed by atoms with E-state index in [1.165, 1.54) is 14.0 Å². The number of esters is 2. The van der Waals surface area contributed by atoms with Crippen LogP contribution in [0.3, 0.4) is 0 Å². The van der Waals surface area contributed by atoms with Crippen molar-refractivity contribution in [3.8, 4) is 0 Å². The Labute approximate surface area is 140 Å². The first-order chi connectivity index (χ1) is 10.8. The van der Waals surface area contributed by atoms with E-state index in [9.17, 15) is 18.0 Å². The molecular formula is C14H21NO6S2. The predicted molar refractivity (Wildman–Crippen MR) is 86.4 cm³/mol. The van der Waals surface area contributed by atoms with Crippen molar-refractivity contribution >= 4 is 33.3 Å². The van der Waals surface area contributed by atoms with E-state index in [0.29, 0.717) is 17.8 Å². The number of sulfonamides is 1. The van der Waals surface area contributed by atoms with Crippen LogP contribution in [0.4, 0.5) is 0 Å². The van der Waals surface area contributed by atoms with Gasteiger partial charge in [-0.2, -0.15) is 0 Å². The second kappa shape index (κ2) is 8.42. The zero-order chi connectivity index (χ0) is 17.6. The summed E-state index contributed by atoms with van der Waals surface area (Å²) in [4.78, 5) is 23.8. The summed E-state index contributed by atoms with van der Waals surface area (Å²) >= 11 is 0.707. The van der Waals surface area contributed by atoms with Crippen molar-refractivity contribution in [1.29, 1.82) is 0 Å². The number of nitrogens with one attached hydrogen (secondary N) is 1. The molecule has 1 aromatic rings. The maximum absolute atomic E-state index is 12.5. The van der Waals surface area contributed by atoms with Crippen LogP contribution >= 0.6 is 11.3 Å². The van der Waals surface area contributed by atoms with Gasteiger partial charge in [0.25, 0.3) is 10.0 Å². The van der Waals surface area contributed by atoms with E-state index in [4.69, 9.17) is 0 Å². The number of thiophene rings is 1. The van der Waals surface area contributed by atoms with Crippen LogP contribution in [0.1, 0.15) is 51.8 Å². The van der Waals surface area contributed by atoms with Gasteiger partial charge in [0.15, 0.2) is 4.21 Å². The molecule has 7 nitrogen and oxygen atoms in total.